The lowest BCUT2D eigenvalue weighted by molar-refractivity contribution is 0.476. The second-order valence-corrected chi connectivity index (χ2v) is 4.12. The van der Waals surface area contributed by atoms with Crippen LogP contribution in [0.1, 0.15) is 17.0 Å². The van der Waals surface area contributed by atoms with Gasteiger partial charge in [-0.3, -0.25) is 4.98 Å². The molecule has 0 bridgehead atoms. The van der Waals surface area contributed by atoms with Crippen molar-refractivity contribution in [2.24, 2.45) is 0 Å². The van der Waals surface area contributed by atoms with Gasteiger partial charge in [0.2, 0.25) is 0 Å². The normalized spacial score (nSPS) is 10.0. The Kier molecular flexibility index (Phi) is 3.34. The van der Waals surface area contributed by atoms with Gasteiger partial charge in [-0.1, -0.05) is 0 Å². The van der Waals surface area contributed by atoms with Gasteiger partial charge in [-0.2, -0.15) is 5.26 Å². The zero-order chi connectivity index (χ0) is 14.0. The second kappa shape index (κ2) is 4.94. The van der Waals surface area contributed by atoms with E-state index in [9.17, 15) is 4.39 Å². The largest absolute Gasteiger partial charge is 0.454 e. The van der Waals surface area contributed by atoms with Gasteiger partial charge in [-0.15, -0.1) is 0 Å². The molecule has 4 nitrogen and oxygen atoms in total. The van der Waals surface area contributed by atoms with Crippen LogP contribution in [0.15, 0.2) is 24.3 Å². The average Bonchev–Trinajstić information content (AvgIpc) is 2.33. The van der Waals surface area contributed by atoms with Crippen molar-refractivity contribution in [3.63, 3.8) is 0 Å². The molecule has 0 aliphatic heterocycles. The first-order valence-electron chi connectivity index (χ1n) is 5.62. The summed E-state index contributed by atoms with van der Waals surface area (Å²) in [6.07, 6.45) is 0. The maximum absolute atomic E-state index is 13.2. The van der Waals surface area contributed by atoms with E-state index in [2.05, 4.69) is 4.98 Å². The minimum absolute atomic E-state index is 0.182. The van der Waals surface area contributed by atoms with E-state index in [1.165, 1.54) is 18.2 Å². The van der Waals surface area contributed by atoms with Crippen LogP contribution < -0.4 is 10.5 Å². The zero-order valence-corrected chi connectivity index (χ0v) is 10.6. The molecule has 0 amide bonds. The molecule has 2 rings (SSSR count). The summed E-state index contributed by atoms with van der Waals surface area (Å²) < 4.78 is 18.7. The first-order valence-corrected chi connectivity index (χ1v) is 5.62. The van der Waals surface area contributed by atoms with Crippen LogP contribution in [0.2, 0.25) is 0 Å². The summed E-state index contributed by atoms with van der Waals surface area (Å²) in [5, 5.41) is 9.12. The number of aryl methyl sites for hydroxylation is 2. The number of nitrogens with zero attached hydrogens (tertiary/aromatic N) is 2. The highest BCUT2D eigenvalue weighted by molar-refractivity contribution is 5.56. The SMILES string of the molecule is Cc1cc(Oc2cc(F)ccc2N)c(C#N)c(C)n1. The van der Waals surface area contributed by atoms with Crippen LogP contribution in [0.5, 0.6) is 11.5 Å². The fraction of sp³-hybridized carbons (Fsp3) is 0.143. The Morgan fingerprint density at radius 3 is 2.68 bits per heavy atom. The summed E-state index contributed by atoms with van der Waals surface area (Å²) in [7, 11) is 0. The Bertz CT molecular complexity index is 677. The third-order valence-corrected chi connectivity index (χ3v) is 2.60. The molecule has 2 N–H and O–H groups in total. The van der Waals surface area contributed by atoms with E-state index in [0.717, 1.165) is 0 Å². The number of rotatable bonds is 2. The quantitative estimate of drug-likeness (QED) is 0.839. The Hall–Kier alpha value is -2.61. The number of nitriles is 1. The first kappa shape index (κ1) is 12.8. The van der Waals surface area contributed by atoms with E-state index >= 15 is 0 Å². The topological polar surface area (TPSA) is 71.9 Å². The van der Waals surface area contributed by atoms with Crippen LogP contribution in [-0.2, 0) is 0 Å². The number of aromatic nitrogens is 1. The average molecular weight is 257 g/mol. The van der Waals surface area contributed by atoms with E-state index in [1.807, 2.05) is 6.07 Å². The van der Waals surface area contributed by atoms with Gasteiger partial charge in [0.25, 0.3) is 0 Å². The van der Waals surface area contributed by atoms with Gasteiger partial charge in [-0.25, -0.2) is 4.39 Å². The molecule has 0 unspecified atom stereocenters. The number of ether oxygens (including phenoxy) is 1. The maximum atomic E-state index is 13.2. The number of nitrogen functional groups attached to an aromatic ring is 1. The van der Waals surface area contributed by atoms with Gasteiger partial charge in [0.15, 0.2) is 5.75 Å². The van der Waals surface area contributed by atoms with Crippen LogP contribution in [0.3, 0.4) is 0 Å². The minimum Gasteiger partial charge on any atom is -0.454 e. The van der Waals surface area contributed by atoms with E-state index in [4.69, 9.17) is 15.7 Å². The number of nitrogens with two attached hydrogens (primary N) is 1. The van der Waals surface area contributed by atoms with Crippen molar-refractivity contribution in [1.82, 2.24) is 4.98 Å². The summed E-state index contributed by atoms with van der Waals surface area (Å²) in [6, 6.07) is 7.49. The predicted molar refractivity (Wildman–Crippen MR) is 69.3 cm³/mol. The fourth-order valence-corrected chi connectivity index (χ4v) is 1.72. The molecule has 0 aliphatic carbocycles. The van der Waals surface area contributed by atoms with E-state index in [-0.39, 0.29) is 5.75 Å². The molecule has 1 heterocycles. The highest BCUT2D eigenvalue weighted by Crippen LogP contribution is 2.31. The third kappa shape index (κ3) is 2.63. The lowest BCUT2D eigenvalue weighted by atomic mass is 10.2. The van der Waals surface area contributed by atoms with Crippen LogP contribution >= 0.6 is 0 Å². The van der Waals surface area contributed by atoms with Crippen molar-refractivity contribution in [1.29, 1.82) is 5.26 Å². The fourth-order valence-electron chi connectivity index (χ4n) is 1.72. The van der Waals surface area contributed by atoms with Gasteiger partial charge < -0.3 is 10.5 Å². The van der Waals surface area contributed by atoms with E-state index < -0.39 is 5.82 Å². The Morgan fingerprint density at radius 2 is 2.00 bits per heavy atom. The molecule has 0 atom stereocenters. The van der Waals surface area contributed by atoms with Gasteiger partial charge in [0.05, 0.1) is 11.4 Å². The minimum atomic E-state index is -0.454. The molecule has 96 valence electrons. The molecule has 1 aromatic carbocycles. The smallest absolute Gasteiger partial charge is 0.153 e. The number of benzene rings is 1. The number of anilines is 1. The predicted octanol–water partition coefficient (Wildman–Crippen LogP) is 3.08. The maximum Gasteiger partial charge on any atom is 0.153 e. The molecule has 0 saturated carbocycles. The molecule has 0 radical (unpaired) electrons. The van der Waals surface area contributed by atoms with E-state index in [0.29, 0.717) is 28.4 Å². The van der Waals surface area contributed by atoms with Crippen LogP contribution in [0.4, 0.5) is 10.1 Å². The summed E-state index contributed by atoms with van der Waals surface area (Å²) in [4.78, 5) is 4.18. The number of pyridine rings is 1. The van der Waals surface area contributed by atoms with Crippen molar-refractivity contribution < 1.29 is 9.13 Å². The standard InChI is InChI=1S/C14H12FN3O/c1-8-5-13(11(7-16)9(2)18-8)19-14-6-10(15)3-4-12(14)17/h3-6H,17H2,1-2H3. The Labute approximate surface area is 110 Å². The summed E-state index contributed by atoms with van der Waals surface area (Å²) in [5.74, 6) is 0.0523. The van der Waals surface area contributed by atoms with Crippen molar-refractivity contribution in [2.75, 3.05) is 5.73 Å². The lowest BCUT2D eigenvalue weighted by Crippen LogP contribution is -1.98. The number of hydrogen-bond donors (Lipinski definition) is 1. The lowest BCUT2D eigenvalue weighted by Gasteiger charge is -2.11. The van der Waals surface area contributed by atoms with Crippen molar-refractivity contribution in [3.8, 4) is 17.6 Å². The van der Waals surface area contributed by atoms with Gasteiger partial charge in [-0.05, 0) is 26.0 Å². The Balaban J connectivity index is 2.49. The molecular weight excluding hydrogens is 245 g/mol. The highest BCUT2D eigenvalue weighted by atomic mass is 19.1. The zero-order valence-electron chi connectivity index (χ0n) is 10.6. The number of halogens is 1. The molecule has 0 spiro atoms. The summed E-state index contributed by atoms with van der Waals surface area (Å²) in [5.41, 5.74) is 7.60. The molecular formula is C14H12FN3O. The van der Waals surface area contributed by atoms with E-state index in [1.54, 1.807) is 19.9 Å². The van der Waals surface area contributed by atoms with Crippen LogP contribution in [0, 0.1) is 31.0 Å². The van der Waals surface area contributed by atoms with Gasteiger partial charge in [0, 0.05) is 17.8 Å². The Morgan fingerprint density at radius 1 is 1.26 bits per heavy atom. The van der Waals surface area contributed by atoms with Crippen LogP contribution in [-0.4, -0.2) is 4.98 Å². The van der Waals surface area contributed by atoms with Crippen molar-refractivity contribution >= 4 is 5.69 Å². The molecule has 0 saturated heterocycles. The molecule has 0 aliphatic rings. The second-order valence-electron chi connectivity index (χ2n) is 4.12. The van der Waals surface area contributed by atoms with Crippen molar-refractivity contribution in [2.45, 2.75) is 13.8 Å². The third-order valence-electron chi connectivity index (χ3n) is 2.60. The molecule has 5 heteroatoms. The monoisotopic (exact) mass is 257 g/mol. The number of hydrogen-bond acceptors (Lipinski definition) is 4. The van der Waals surface area contributed by atoms with Gasteiger partial charge in [0.1, 0.15) is 23.2 Å². The summed E-state index contributed by atoms with van der Waals surface area (Å²) >= 11 is 0. The van der Waals surface area contributed by atoms with Crippen LogP contribution in [0.25, 0.3) is 0 Å². The molecule has 19 heavy (non-hydrogen) atoms. The van der Waals surface area contributed by atoms with Gasteiger partial charge >= 0.3 is 0 Å². The van der Waals surface area contributed by atoms with Crippen molar-refractivity contribution in [3.05, 3.63) is 47.0 Å². The summed E-state index contributed by atoms with van der Waals surface area (Å²) in [6.45, 7) is 3.50. The molecule has 2 aromatic rings. The molecule has 1 aromatic heterocycles. The first-order chi connectivity index (χ1) is 9.01. The highest BCUT2D eigenvalue weighted by Gasteiger charge is 2.12. The molecule has 0 fully saturated rings.